The van der Waals surface area contributed by atoms with E-state index in [-0.39, 0.29) is 5.02 Å². The second-order valence-corrected chi connectivity index (χ2v) is 5.01. The number of benzene rings is 1. The van der Waals surface area contributed by atoms with Crippen molar-refractivity contribution in [2.45, 2.75) is 0 Å². The Bertz CT molecular complexity index is 939. The van der Waals surface area contributed by atoms with Crippen LogP contribution in [0.25, 0.3) is 16.7 Å². The van der Waals surface area contributed by atoms with E-state index in [1.807, 2.05) is 0 Å². The summed E-state index contributed by atoms with van der Waals surface area (Å²) in [5.74, 6) is 0. The van der Waals surface area contributed by atoms with Gasteiger partial charge in [0.15, 0.2) is 0 Å². The summed E-state index contributed by atoms with van der Waals surface area (Å²) < 4.78 is 2.42. The molecule has 0 saturated carbocycles. The third-order valence-corrected chi connectivity index (χ3v) is 3.70. The van der Waals surface area contributed by atoms with E-state index in [1.54, 1.807) is 13.1 Å². The summed E-state index contributed by atoms with van der Waals surface area (Å²) in [7, 11) is 1.64. The highest BCUT2D eigenvalue weighted by Crippen LogP contribution is 2.23. The molecule has 0 aliphatic rings. The van der Waals surface area contributed by atoms with Crippen LogP contribution in [0, 0.1) is 0 Å². The molecule has 0 aliphatic carbocycles. The molecule has 20 heavy (non-hydrogen) atoms. The first-order valence-corrected chi connectivity index (χ1v) is 6.37. The second kappa shape index (κ2) is 4.50. The molecule has 6 nitrogen and oxygen atoms in total. The lowest BCUT2D eigenvalue weighted by molar-refractivity contribution is 0.777. The third kappa shape index (κ3) is 1.85. The Morgan fingerprint density at radius 3 is 2.65 bits per heavy atom. The number of aromatic amines is 1. The maximum atomic E-state index is 12.4. The number of nitrogens with zero attached hydrogens (tertiary/aromatic N) is 3. The Labute approximate surface area is 122 Å². The van der Waals surface area contributed by atoms with Gasteiger partial charge < -0.3 is 0 Å². The van der Waals surface area contributed by atoms with Gasteiger partial charge in [-0.05, 0) is 18.2 Å². The van der Waals surface area contributed by atoms with Gasteiger partial charge in [-0.3, -0.25) is 14.5 Å². The quantitative estimate of drug-likeness (QED) is 0.744. The maximum Gasteiger partial charge on any atom is 0.334 e. The van der Waals surface area contributed by atoms with Crippen molar-refractivity contribution in [3.05, 3.63) is 55.3 Å². The van der Waals surface area contributed by atoms with Crippen molar-refractivity contribution in [2.75, 3.05) is 0 Å². The molecule has 1 aromatic carbocycles. The van der Waals surface area contributed by atoms with Gasteiger partial charge in [-0.25, -0.2) is 9.36 Å². The number of rotatable bonds is 1. The summed E-state index contributed by atoms with van der Waals surface area (Å²) in [4.78, 5) is 27.1. The highest BCUT2D eigenvalue weighted by atomic mass is 35.5. The van der Waals surface area contributed by atoms with Crippen LogP contribution >= 0.6 is 23.2 Å². The second-order valence-electron chi connectivity index (χ2n) is 4.20. The number of hydrogen-bond donors (Lipinski definition) is 1. The van der Waals surface area contributed by atoms with Gasteiger partial charge in [0.2, 0.25) is 0 Å². The highest BCUT2D eigenvalue weighted by Gasteiger charge is 2.13. The lowest BCUT2D eigenvalue weighted by Gasteiger charge is -2.06. The van der Waals surface area contributed by atoms with Crippen molar-refractivity contribution in [1.29, 1.82) is 0 Å². The van der Waals surface area contributed by atoms with Crippen molar-refractivity contribution in [1.82, 2.24) is 19.3 Å². The van der Waals surface area contributed by atoms with E-state index in [2.05, 4.69) is 10.1 Å². The molecule has 102 valence electrons. The molecular formula is C12H8Cl2N4O2. The number of halogens is 2. The minimum atomic E-state index is -0.565. The van der Waals surface area contributed by atoms with Crippen LogP contribution in [0.3, 0.4) is 0 Å². The lowest BCUT2D eigenvalue weighted by Crippen LogP contribution is -2.33. The zero-order chi connectivity index (χ0) is 14.4. The van der Waals surface area contributed by atoms with E-state index < -0.39 is 11.2 Å². The zero-order valence-electron chi connectivity index (χ0n) is 10.2. The van der Waals surface area contributed by atoms with Gasteiger partial charge >= 0.3 is 5.69 Å². The van der Waals surface area contributed by atoms with E-state index >= 15 is 0 Å². The summed E-state index contributed by atoms with van der Waals surface area (Å²) in [6.45, 7) is 0. The minimum absolute atomic E-state index is 0.266. The standard InChI is InChI=1S/C12H8Cl2N4O2/c1-17-10-7(5-15-17)11(19)18(12(20)16-10)6-2-3-8(13)9(14)4-6/h2-5H,1H3,(H,16,20). The molecule has 0 amide bonds. The normalized spacial score (nSPS) is 11.2. The van der Waals surface area contributed by atoms with Crippen molar-refractivity contribution in [3.8, 4) is 5.69 Å². The SMILES string of the molecule is Cn1ncc2c(=O)n(-c3ccc(Cl)c(Cl)c3)c(=O)[nH]c21. The monoisotopic (exact) mass is 310 g/mol. The third-order valence-electron chi connectivity index (χ3n) is 2.96. The topological polar surface area (TPSA) is 72.7 Å². The maximum absolute atomic E-state index is 12.4. The molecule has 0 aliphatic heterocycles. The molecule has 0 fully saturated rings. The summed E-state index contributed by atoms with van der Waals surface area (Å²) in [5.41, 5.74) is -0.313. The molecular weight excluding hydrogens is 303 g/mol. The van der Waals surface area contributed by atoms with Crippen LogP contribution in [-0.4, -0.2) is 19.3 Å². The van der Waals surface area contributed by atoms with Gasteiger partial charge in [-0.15, -0.1) is 0 Å². The van der Waals surface area contributed by atoms with Crippen LogP contribution in [0.4, 0.5) is 0 Å². The van der Waals surface area contributed by atoms with Gasteiger partial charge in [-0.2, -0.15) is 5.10 Å². The van der Waals surface area contributed by atoms with Crippen LogP contribution in [0.15, 0.2) is 34.0 Å². The number of hydrogen-bond acceptors (Lipinski definition) is 3. The number of fused-ring (bicyclic) bond motifs is 1. The summed E-state index contributed by atoms with van der Waals surface area (Å²) in [6, 6.07) is 4.54. The van der Waals surface area contributed by atoms with Gasteiger partial charge in [-0.1, -0.05) is 23.2 Å². The van der Waals surface area contributed by atoms with Crippen molar-refractivity contribution < 1.29 is 0 Å². The molecule has 2 heterocycles. The van der Waals surface area contributed by atoms with E-state index in [9.17, 15) is 9.59 Å². The first kappa shape index (κ1) is 13.0. The molecule has 0 radical (unpaired) electrons. The smallest absolute Gasteiger partial charge is 0.291 e. The minimum Gasteiger partial charge on any atom is -0.291 e. The average Bonchev–Trinajstić information content (AvgIpc) is 2.76. The Morgan fingerprint density at radius 1 is 1.20 bits per heavy atom. The molecule has 0 spiro atoms. The largest absolute Gasteiger partial charge is 0.334 e. The molecule has 3 rings (SSSR count). The number of H-pyrrole nitrogens is 1. The Morgan fingerprint density at radius 2 is 1.95 bits per heavy atom. The predicted molar refractivity (Wildman–Crippen MR) is 77.0 cm³/mol. The summed E-state index contributed by atoms with van der Waals surface area (Å²) in [6.07, 6.45) is 1.40. The van der Waals surface area contributed by atoms with Gasteiger partial charge in [0.25, 0.3) is 5.56 Å². The van der Waals surface area contributed by atoms with E-state index in [0.29, 0.717) is 21.7 Å². The Hall–Kier alpha value is -2.05. The molecule has 0 saturated heterocycles. The van der Waals surface area contributed by atoms with E-state index in [0.717, 1.165) is 4.57 Å². The first-order chi connectivity index (χ1) is 9.49. The van der Waals surface area contributed by atoms with Crippen molar-refractivity contribution in [3.63, 3.8) is 0 Å². The molecule has 1 N–H and O–H groups in total. The average molecular weight is 311 g/mol. The van der Waals surface area contributed by atoms with Gasteiger partial charge in [0.1, 0.15) is 11.0 Å². The van der Waals surface area contributed by atoms with Gasteiger partial charge in [0.05, 0.1) is 21.9 Å². The zero-order valence-corrected chi connectivity index (χ0v) is 11.7. The van der Waals surface area contributed by atoms with Gasteiger partial charge in [0, 0.05) is 7.05 Å². The molecule has 8 heteroatoms. The first-order valence-electron chi connectivity index (χ1n) is 5.61. The summed E-state index contributed by atoms with van der Waals surface area (Å²) in [5, 5.41) is 4.88. The molecule has 0 bridgehead atoms. The fourth-order valence-corrected chi connectivity index (χ4v) is 2.26. The molecule has 0 atom stereocenters. The van der Waals surface area contributed by atoms with Crippen LogP contribution < -0.4 is 11.2 Å². The van der Waals surface area contributed by atoms with Crippen LogP contribution in [-0.2, 0) is 7.05 Å². The summed E-state index contributed by atoms with van der Waals surface area (Å²) >= 11 is 11.7. The van der Waals surface area contributed by atoms with Crippen LogP contribution in [0.1, 0.15) is 0 Å². The van der Waals surface area contributed by atoms with Crippen LogP contribution in [0.5, 0.6) is 0 Å². The number of aryl methyl sites for hydroxylation is 1. The number of nitrogens with one attached hydrogen (secondary N) is 1. The molecule has 3 aromatic rings. The Balaban J connectivity index is 2.39. The fraction of sp³-hybridized carbons (Fsp3) is 0.0833. The lowest BCUT2D eigenvalue weighted by atomic mass is 10.3. The number of aromatic nitrogens is 4. The molecule has 2 aromatic heterocycles. The molecule has 0 unspecified atom stereocenters. The fourth-order valence-electron chi connectivity index (χ4n) is 1.97. The predicted octanol–water partition coefficient (Wildman–Crippen LogP) is 1.72. The van der Waals surface area contributed by atoms with E-state index in [4.69, 9.17) is 23.2 Å². The van der Waals surface area contributed by atoms with E-state index in [1.165, 1.54) is 23.0 Å². The van der Waals surface area contributed by atoms with Crippen LogP contribution in [0.2, 0.25) is 10.0 Å². The van der Waals surface area contributed by atoms with Crippen molar-refractivity contribution in [2.24, 2.45) is 7.05 Å². The Kier molecular flexibility index (Phi) is 2.92. The highest BCUT2D eigenvalue weighted by molar-refractivity contribution is 6.42. The van der Waals surface area contributed by atoms with Crippen molar-refractivity contribution >= 4 is 34.2 Å².